The Labute approximate surface area is 189 Å². The number of rotatable bonds is 6. The number of halogens is 2. The van der Waals surface area contributed by atoms with Crippen molar-refractivity contribution in [1.82, 2.24) is 0 Å². The van der Waals surface area contributed by atoms with Crippen molar-refractivity contribution in [3.05, 3.63) is 40.4 Å². The van der Waals surface area contributed by atoms with E-state index in [2.05, 4.69) is 10.1 Å². The highest BCUT2D eigenvalue weighted by atomic mass is 35.5. The number of hydrogen-bond acceptors (Lipinski definition) is 7. The van der Waals surface area contributed by atoms with Crippen LogP contribution in [-0.2, 0) is 24.2 Å². The van der Waals surface area contributed by atoms with Gasteiger partial charge >= 0.3 is 11.9 Å². The summed E-state index contributed by atoms with van der Waals surface area (Å²) in [6.07, 6.45) is 2.70. The molecular formula is C20H19Cl2NO7S. The van der Waals surface area contributed by atoms with Crippen molar-refractivity contribution < 1.29 is 32.6 Å². The zero-order valence-corrected chi connectivity index (χ0v) is 18.7. The zero-order chi connectivity index (χ0) is 22.8. The van der Waals surface area contributed by atoms with Crippen LogP contribution in [-0.4, -0.2) is 38.3 Å². The number of nitrogens with one attached hydrogen (secondary N) is 1. The summed E-state index contributed by atoms with van der Waals surface area (Å²) in [5.41, 5.74) is 0.132. The van der Waals surface area contributed by atoms with Crippen LogP contribution in [0.3, 0.4) is 0 Å². The third kappa shape index (κ3) is 5.41. The average Bonchev–Trinajstić information content (AvgIpc) is 2.68. The van der Waals surface area contributed by atoms with Crippen molar-refractivity contribution >= 4 is 50.6 Å². The number of sulfone groups is 1. The average molecular weight is 488 g/mol. The summed E-state index contributed by atoms with van der Waals surface area (Å²) in [5, 5.41) is 12.4. The van der Waals surface area contributed by atoms with Gasteiger partial charge in [0.2, 0.25) is 0 Å². The van der Waals surface area contributed by atoms with E-state index >= 15 is 0 Å². The third-order valence-corrected chi connectivity index (χ3v) is 7.26. The molecule has 2 aromatic carbocycles. The lowest BCUT2D eigenvalue weighted by atomic mass is 9.87. The van der Waals surface area contributed by atoms with Gasteiger partial charge in [-0.1, -0.05) is 29.6 Å². The fourth-order valence-electron chi connectivity index (χ4n) is 2.99. The van der Waals surface area contributed by atoms with Crippen molar-refractivity contribution in [2.24, 2.45) is 5.92 Å². The minimum Gasteiger partial charge on any atom is -0.507 e. The van der Waals surface area contributed by atoms with Gasteiger partial charge in [0.1, 0.15) is 16.4 Å². The zero-order valence-electron chi connectivity index (χ0n) is 16.4. The highest BCUT2D eigenvalue weighted by Gasteiger charge is 2.28. The second-order valence-corrected chi connectivity index (χ2v) is 9.84. The van der Waals surface area contributed by atoms with Gasteiger partial charge in [-0.25, -0.2) is 13.2 Å². The van der Waals surface area contributed by atoms with Crippen molar-refractivity contribution in [3.8, 4) is 17.2 Å². The number of phenolic OH excluding ortho intramolecular Hbond substituents is 1. The molecule has 0 aliphatic heterocycles. The molecule has 2 aromatic rings. The molecule has 0 spiro atoms. The number of carbonyl (C=O) groups excluding carboxylic acids is 2. The quantitative estimate of drug-likeness (QED) is 0.463. The fraction of sp³-hybridized carbons (Fsp3) is 0.300. The molecule has 1 saturated carbocycles. The number of anilines is 1. The minimum atomic E-state index is -3.70. The molecular weight excluding hydrogens is 469 g/mol. The molecule has 1 amide bonds. The highest BCUT2D eigenvalue weighted by molar-refractivity contribution is 7.91. The van der Waals surface area contributed by atoms with Crippen molar-refractivity contribution in [2.75, 3.05) is 18.2 Å². The van der Waals surface area contributed by atoms with Crippen LogP contribution in [0.25, 0.3) is 0 Å². The number of esters is 1. The minimum absolute atomic E-state index is 0.000356. The molecule has 0 bridgehead atoms. The number of phenols is 1. The lowest BCUT2D eigenvalue weighted by Crippen LogP contribution is -2.23. The van der Waals surface area contributed by atoms with E-state index in [9.17, 15) is 23.1 Å². The Kier molecular flexibility index (Phi) is 6.98. The van der Waals surface area contributed by atoms with Crippen molar-refractivity contribution in [1.29, 1.82) is 0 Å². The molecule has 1 aliphatic carbocycles. The van der Waals surface area contributed by atoms with Crippen LogP contribution in [0.5, 0.6) is 17.2 Å². The summed E-state index contributed by atoms with van der Waals surface area (Å²) in [6.45, 7) is 0. The van der Waals surface area contributed by atoms with Crippen LogP contribution in [0, 0.1) is 5.92 Å². The Bertz CT molecular complexity index is 1110. The summed E-state index contributed by atoms with van der Waals surface area (Å²) in [5.74, 6) is -2.32. The number of ether oxygens (including phenoxy) is 2. The second-order valence-electron chi connectivity index (χ2n) is 7.02. The summed E-state index contributed by atoms with van der Waals surface area (Å²) in [6, 6.07) is 6.41. The van der Waals surface area contributed by atoms with Gasteiger partial charge in [-0.05, 0) is 43.0 Å². The van der Waals surface area contributed by atoms with Gasteiger partial charge in [-0.15, -0.1) is 0 Å². The summed E-state index contributed by atoms with van der Waals surface area (Å²) < 4.78 is 35.3. The molecule has 1 aliphatic rings. The van der Waals surface area contributed by atoms with Gasteiger partial charge < -0.3 is 19.9 Å². The number of hydrogen-bond donors (Lipinski definition) is 2. The molecule has 0 unspecified atom stereocenters. The SMILES string of the molecule is COC(=O)C(=O)Nc1cc(Cl)c(Oc2ccc(O)c(S(=O)(=O)CC3CCC3)c2)c(Cl)c1. The first kappa shape index (κ1) is 23.2. The van der Waals surface area contributed by atoms with E-state index in [-0.39, 0.29) is 49.5 Å². The number of benzene rings is 2. The maximum Gasteiger partial charge on any atom is 0.396 e. The maximum atomic E-state index is 12.7. The molecule has 0 saturated heterocycles. The van der Waals surface area contributed by atoms with Gasteiger partial charge in [0.15, 0.2) is 15.6 Å². The lowest BCUT2D eigenvalue weighted by molar-refractivity contribution is -0.150. The van der Waals surface area contributed by atoms with Gasteiger partial charge in [0, 0.05) is 11.8 Å². The predicted molar refractivity (Wildman–Crippen MR) is 115 cm³/mol. The van der Waals surface area contributed by atoms with Gasteiger partial charge in [-0.3, -0.25) is 4.79 Å². The van der Waals surface area contributed by atoms with Gasteiger partial charge in [0.05, 0.1) is 22.9 Å². The molecule has 0 atom stereocenters. The number of methoxy groups -OCH3 is 1. The fourth-order valence-corrected chi connectivity index (χ4v) is 5.37. The van der Waals surface area contributed by atoms with Crippen LogP contribution in [0.15, 0.2) is 35.2 Å². The first-order valence-corrected chi connectivity index (χ1v) is 11.6. The first-order chi connectivity index (χ1) is 14.6. The van der Waals surface area contributed by atoms with E-state index < -0.39 is 21.7 Å². The Balaban J connectivity index is 1.84. The lowest BCUT2D eigenvalue weighted by Gasteiger charge is -2.25. The normalized spacial score (nSPS) is 13.9. The topological polar surface area (TPSA) is 119 Å². The summed E-state index contributed by atoms with van der Waals surface area (Å²) >= 11 is 12.4. The Morgan fingerprint density at radius 2 is 1.81 bits per heavy atom. The van der Waals surface area contributed by atoms with E-state index in [1.807, 2.05) is 0 Å². The van der Waals surface area contributed by atoms with Gasteiger partial charge in [-0.2, -0.15) is 0 Å². The third-order valence-electron chi connectivity index (χ3n) is 4.79. The van der Waals surface area contributed by atoms with Crippen LogP contribution in [0.2, 0.25) is 10.0 Å². The van der Waals surface area contributed by atoms with E-state index in [0.717, 1.165) is 26.4 Å². The van der Waals surface area contributed by atoms with Gasteiger partial charge in [0.25, 0.3) is 0 Å². The molecule has 1 fully saturated rings. The van der Waals surface area contributed by atoms with E-state index in [1.54, 1.807) is 0 Å². The smallest absolute Gasteiger partial charge is 0.396 e. The largest absolute Gasteiger partial charge is 0.507 e. The molecule has 8 nitrogen and oxygen atoms in total. The molecule has 3 rings (SSSR count). The number of aromatic hydroxyl groups is 1. The van der Waals surface area contributed by atoms with Crippen LogP contribution < -0.4 is 10.1 Å². The first-order valence-electron chi connectivity index (χ1n) is 9.22. The summed E-state index contributed by atoms with van der Waals surface area (Å²) in [4.78, 5) is 22.6. The molecule has 0 heterocycles. The van der Waals surface area contributed by atoms with Crippen molar-refractivity contribution in [2.45, 2.75) is 24.2 Å². The van der Waals surface area contributed by atoms with Crippen molar-refractivity contribution in [3.63, 3.8) is 0 Å². The molecule has 0 aromatic heterocycles. The monoisotopic (exact) mass is 487 g/mol. The second kappa shape index (κ2) is 9.33. The predicted octanol–water partition coefficient (Wildman–Crippen LogP) is 4.18. The Morgan fingerprint density at radius 1 is 1.16 bits per heavy atom. The molecule has 2 N–H and O–H groups in total. The molecule has 166 valence electrons. The number of amides is 1. The maximum absolute atomic E-state index is 12.7. The standard InChI is InChI=1S/C20H19Cl2NO7S/c1-29-20(26)19(25)23-12-7-14(21)18(15(22)8-12)30-13-5-6-16(24)17(9-13)31(27,28)10-11-3-2-4-11/h5-9,11,24H,2-4,10H2,1H3,(H,23,25). The summed E-state index contributed by atoms with van der Waals surface area (Å²) in [7, 11) is -2.64. The van der Waals surface area contributed by atoms with Crippen LogP contribution in [0.1, 0.15) is 19.3 Å². The van der Waals surface area contributed by atoms with Crippen LogP contribution >= 0.6 is 23.2 Å². The molecule has 0 radical (unpaired) electrons. The van der Waals surface area contributed by atoms with E-state index in [0.29, 0.717) is 0 Å². The molecule has 31 heavy (non-hydrogen) atoms. The number of carbonyl (C=O) groups is 2. The Morgan fingerprint density at radius 3 is 2.35 bits per heavy atom. The van der Waals surface area contributed by atoms with E-state index in [4.69, 9.17) is 27.9 Å². The van der Waals surface area contributed by atoms with E-state index in [1.165, 1.54) is 30.3 Å². The Hall–Kier alpha value is -2.49. The molecule has 11 heteroatoms. The van der Waals surface area contributed by atoms with Crippen LogP contribution in [0.4, 0.5) is 5.69 Å². The highest BCUT2D eigenvalue weighted by Crippen LogP contribution is 2.40.